The summed E-state index contributed by atoms with van der Waals surface area (Å²) in [6, 6.07) is 9.62. The molecule has 4 heteroatoms. The third kappa shape index (κ3) is 3.60. The molecule has 1 aliphatic rings. The molecular weight excluding hydrogens is 375 g/mol. The van der Waals surface area contributed by atoms with Gasteiger partial charge in [-0.15, -0.1) is 0 Å². The summed E-state index contributed by atoms with van der Waals surface area (Å²) in [6.07, 6.45) is 4.12. The second kappa shape index (κ2) is 7.38. The Balaban J connectivity index is 2.28. The minimum Gasteiger partial charge on any atom is -0.398 e. The second-order valence-corrected chi connectivity index (χ2v) is 7.78. The predicted octanol–water partition coefficient (Wildman–Crippen LogP) is 7.03. The molecule has 0 radical (unpaired) electrons. The zero-order valence-corrected chi connectivity index (χ0v) is 17.4. The third-order valence-electron chi connectivity index (χ3n) is 4.96. The number of aryl methyl sites for hydroxylation is 2. The fourth-order valence-electron chi connectivity index (χ4n) is 3.47. The lowest BCUT2D eigenvalue weighted by Crippen LogP contribution is -2.10. The van der Waals surface area contributed by atoms with Gasteiger partial charge in [0, 0.05) is 21.3 Å². The average Bonchev–Trinajstić information content (AvgIpc) is 2.60. The first-order valence-electron chi connectivity index (χ1n) is 8.72. The number of hydrogen-bond donors (Lipinski definition) is 2. The molecule has 0 heterocycles. The third-order valence-corrected chi connectivity index (χ3v) is 5.59. The van der Waals surface area contributed by atoms with Gasteiger partial charge in [0.2, 0.25) is 0 Å². The summed E-state index contributed by atoms with van der Waals surface area (Å²) >= 11 is 13.0. The van der Waals surface area contributed by atoms with E-state index in [0.717, 1.165) is 50.2 Å². The first-order valence-corrected chi connectivity index (χ1v) is 9.48. The van der Waals surface area contributed by atoms with Crippen molar-refractivity contribution in [1.29, 1.82) is 5.41 Å². The number of hydrogen-bond acceptors (Lipinski definition) is 2. The molecule has 0 amide bonds. The normalized spacial score (nSPS) is 16.1. The Morgan fingerprint density at radius 1 is 0.963 bits per heavy atom. The molecule has 0 saturated carbocycles. The molecule has 0 unspecified atom stereocenters. The van der Waals surface area contributed by atoms with Crippen LogP contribution in [0.4, 0.5) is 5.69 Å². The van der Waals surface area contributed by atoms with Gasteiger partial charge in [-0.2, -0.15) is 0 Å². The van der Waals surface area contributed by atoms with Crippen molar-refractivity contribution in [3.05, 3.63) is 85.4 Å². The summed E-state index contributed by atoms with van der Waals surface area (Å²) in [5.41, 5.74) is 15.0. The van der Waals surface area contributed by atoms with Crippen LogP contribution in [0.3, 0.4) is 0 Å². The van der Waals surface area contributed by atoms with E-state index < -0.39 is 0 Å². The minimum absolute atomic E-state index is 0.503. The van der Waals surface area contributed by atoms with Crippen LogP contribution in [-0.4, -0.2) is 5.71 Å². The van der Waals surface area contributed by atoms with E-state index in [9.17, 15) is 0 Å². The Hall–Kier alpha value is -2.29. The van der Waals surface area contributed by atoms with Crippen molar-refractivity contribution in [3.63, 3.8) is 0 Å². The highest BCUT2D eigenvalue weighted by atomic mass is 35.5. The molecule has 2 nitrogen and oxygen atoms in total. The van der Waals surface area contributed by atoms with E-state index in [1.165, 1.54) is 0 Å². The van der Waals surface area contributed by atoms with Gasteiger partial charge in [0.25, 0.3) is 0 Å². The number of anilines is 1. The first kappa shape index (κ1) is 19.5. The number of nitrogens with one attached hydrogen (secondary N) is 1. The highest BCUT2D eigenvalue weighted by molar-refractivity contribution is 6.39. The van der Waals surface area contributed by atoms with Crippen LogP contribution >= 0.6 is 23.2 Å². The van der Waals surface area contributed by atoms with Crippen LogP contribution in [0.15, 0.2) is 53.1 Å². The van der Waals surface area contributed by atoms with Crippen LogP contribution < -0.4 is 5.73 Å². The molecule has 1 aliphatic carbocycles. The van der Waals surface area contributed by atoms with Crippen LogP contribution in [0.2, 0.25) is 10.0 Å². The molecule has 0 aliphatic heterocycles. The topological polar surface area (TPSA) is 49.9 Å². The summed E-state index contributed by atoms with van der Waals surface area (Å²) in [5.74, 6) is 0. The van der Waals surface area contributed by atoms with Crippen LogP contribution in [0.25, 0.3) is 11.6 Å². The molecule has 0 saturated heterocycles. The van der Waals surface area contributed by atoms with Crippen molar-refractivity contribution in [3.8, 4) is 0 Å². The molecule has 0 bridgehead atoms. The van der Waals surface area contributed by atoms with Gasteiger partial charge in [0.15, 0.2) is 0 Å². The van der Waals surface area contributed by atoms with Gasteiger partial charge in [-0.05, 0) is 103 Å². The van der Waals surface area contributed by atoms with Crippen molar-refractivity contribution < 1.29 is 0 Å². The number of benzene rings is 2. The van der Waals surface area contributed by atoms with Crippen molar-refractivity contribution in [1.82, 2.24) is 0 Å². The van der Waals surface area contributed by atoms with E-state index in [2.05, 4.69) is 18.2 Å². The van der Waals surface area contributed by atoms with E-state index >= 15 is 0 Å². The van der Waals surface area contributed by atoms with Gasteiger partial charge < -0.3 is 11.1 Å². The van der Waals surface area contributed by atoms with Gasteiger partial charge in [0.05, 0.1) is 5.71 Å². The molecule has 2 aromatic rings. The molecule has 3 rings (SSSR count). The number of allylic oxidation sites excluding steroid dienone is 5. The highest BCUT2D eigenvalue weighted by Crippen LogP contribution is 2.41. The molecule has 3 N–H and O–H groups in total. The Morgan fingerprint density at radius 3 is 2.07 bits per heavy atom. The molecule has 27 heavy (non-hydrogen) atoms. The van der Waals surface area contributed by atoms with Gasteiger partial charge in [-0.25, -0.2) is 0 Å². The maximum atomic E-state index is 8.43. The average molecular weight is 397 g/mol. The second-order valence-electron chi connectivity index (χ2n) is 6.97. The maximum absolute atomic E-state index is 8.43. The summed E-state index contributed by atoms with van der Waals surface area (Å²) in [5, 5.41) is 9.59. The van der Waals surface area contributed by atoms with Crippen LogP contribution in [-0.2, 0) is 0 Å². The molecule has 2 aromatic carbocycles. The van der Waals surface area contributed by atoms with Crippen LogP contribution in [0.1, 0.15) is 36.1 Å². The van der Waals surface area contributed by atoms with E-state index in [-0.39, 0.29) is 0 Å². The van der Waals surface area contributed by atoms with Gasteiger partial charge in [-0.3, -0.25) is 0 Å². The molecule has 138 valence electrons. The quantitative estimate of drug-likeness (QED) is 0.525. The SMILES string of the molecule is CC1=CC(=Cc2cc(C)c(N)c(C)c2)C(c2c(Cl)cccc2Cl)=C(C)C1=N. The largest absolute Gasteiger partial charge is 0.398 e. The number of halogens is 2. The summed E-state index contributed by atoms with van der Waals surface area (Å²) in [4.78, 5) is 0. The predicted molar refractivity (Wildman–Crippen MR) is 119 cm³/mol. The molecule has 0 fully saturated rings. The standard InChI is InChI=1S/C23H22Cl2N2/c1-12-8-16(9-13(2)22(12)26)11-17-10-14(3)23(27)15(4)20(17)21-18(24)6-5-7-19(21)25/h5-11,27H,26H2,1-4H3. The van der Waals surface area contributed by atoms with Gasteiger partial charge in [0.1, 0.15) is 0 Å². The fraction of sp³-hybridized carbons (Fsp3) is 0.174. The minimum atomic E-state index is 0.503. The number of nitrogen functional groups attached to an aromatic ring is 1. The van der Waals surface area contributed by atoms with Gasteiger partial charge in [-0.1, -0.05) is 29.3 Å². The van der Waals surface area contributed by atoms with Crippen molar-refractivity contribution in [2.45, 2.75) is 27.7 Å². The van der Waals surface area contributed by atoms with Gasteiger partial charge >= 0.3 is 0 Å². The Labute approximate surface area is 170 Å². The van der Waals surface area contributed by atoms with Crippen molar-refractivity contribution in [2.75, 3.05) is 5.73 Å². The lowest BCUT2D eigenvalue weighted by atomic mass is 9.83. The smallest absolute Gasteiger partial charge is 0.0604 e. The molecule has 0 aromatic heterocycles. The monoisotopic (exact) mass is 396 g/mol. The lowest BCUT2D eigenvalue weighted by molar-refractivity contribution is 1.35. The van der Waals surface area contributed by atoms with Crippen molar-refractivity contribution in [2.24, 2.45) is 0 Å². The van der Waals surface area contributed by atoms with Crippen molar-refractivity contribution >= 4 is 46.3 Å². The first-order chi connectivity index (χ1) is 12.7. The van der Waals surface area contributed by atoms with E-state index in [1.807, 2.05) is 52.0 Å². The van der Waals surface area contributed by atoms with E-state index in [0.29, 0.717) is 15.8 Å². The Bertz CT molecular complexity index is 1010. The maximum Gasteiger partial charge on any atom is 0.0604 e. The Kier molecular flexibility index (Phi) is 5.32. The zero-order valence-electron chi connectivity index (χ0n) is 15.9. The lowest BCUT2D eigenvalue weighted by Gasteiger charge is -2.23. The van der Waals surface area contributed by atoms with E-state index in [1.54, 1.807) is 0 Å². The Morgan fingerprint density at radius 2 is 1.52 bits per heavy atom. The molecular formula is C23H22Cl2N2. The summed E-state index contributed by atoms with van der Waals surface area (Å²) in [7, 11) is 0. The van der Waals surface area contributed by atoms with Crippen LogP contribution in [0, 0.1) is 19.3 Å². The highest BCUT2D eigenvalue weighted by Gasteiger charge is 2.23. The fourth-order valence-corrected chi connectivity index (χ4v) is 4.05. The van der Waals surface area contributed by atoms with Crippen LogP contribution in [0.5, 0.6) is 0 Å². The molecule has 0 atom stereocenters. The summed E-state index contributed by atoms with van der Waals surface area (Å²) < 4.78 is 0. The molecule has 0 spiro atoms. The summed E-state index contributed by atoms with van der Waals surface area (Å²) in [6.45, 7) is 7.91. The number of nitrogens with two attached hydrogens (primary N) is 1. The number of rotatable bonds is 2. The van der Waals surface area contributed by atoms with E-state index in [4.69, 9.17) is 34.3 Å². The zero-order chi connectivity index (χ0) is 19.9.